The quantitative estimate of drug-likeness (QED) is 0.880. The first-order valence-corrected chi connectivity index (χ1v) is 7.58. The van der Waals surface area contributed by atoms with Crippen LogP contribution in [0.3, 0.4) is 0 Å². The lowest BCUT2D eigenvalue weighted by Crippen LogP contribution is -2.28. The summed E-state index contributed by atoms with van der Waals surface area (Å²) >= 11 is 0. The summed E-state index contributed by atoms with van der Waals surface area (Å²) in [5.41, 5.74) is 2.21. The monoisotopic (exact) mass is 277 g/mol. The molecular weight excluding hydrogens is 250 g/mol. The summed E-state index contributed by atoms with van der Waals surface area (Å²) < 4.78 is 5.88. The Kier molecular flexibility index (Phi) is 4.59. The standard InChI is InChI=1S/C17H27NO2/c1-12-11-15(20-17(2,3)4)9-10-16(12)18-13-5-7-14(19)8-6-13/h9-11,13-14,18-19H,5-8H2,1-4H3. The van der Waals surface area contributed by atoms with Gasteiger partial charge in [-0.1, -0.05) is 0 Å². The Balaban J connectivity index is 1.99. The van der Waals surface area contributed by atoms with Gasteiger partial charge in [0.15, 0.2) is 0 Å². The highest BCUT2D eigenvalue weighted by atomic mass is 16.5. The second-order valence-electron chi connectivity index (χ2n) is 6.84. The van der Waals surface area contributed by atoms with E-state index < -0.39 is 0 Å². The first-order valence-electron chi connectivity index (χ1n) is 7.58. The van der Waals surface area contributed by atoms with Crippen LogP contribution in [0.15, 0.2) is 18.2 Å². The third kappa shape index (κ3) is 4.41. The van der Waals surface area contributed by atoms with Crippen molar-refractivity contribution in [2.75, 3.05) is 5.32 Å². The highest BCUT2D eigenvalue weighted by molar-refractivity contribution is 5.54. The van der Waals surface area contributed by atoms with E-state index in [2.05, 4.69) is 45.1 Å². The third-order valence-corrected chi connectivity index (χ3v) is 3.68. The summed E-state index contributed by atoms with van der Waals surface area (Å²) in [5.74, 6) is 0.916. The molecule has 0 aromatic heterocycles. The van der Waals surface area contributed by atoms with Crippen LogP contribution in [0, 0.1) is 6.92 Å². The fourth-order valence-electron chi connectivity index (χ4n) is 2.66. The molecule has 0 bridgehead atoms. The second kappa shape index (κ2) is 6.04. The molecule has 3 heteroatoms. The van der Waals surface area contributed by atoms with Gasteiger partial charge < -0.3 is 15.2 Å². The van der Waals surface area contributed by atoms with Crippen molar-refractivity contribution in [1.82, 2.24) is 0 Å². The van der Waals surface area contributed by atoms with Crippen molar-refractivity contribution in [3.05, 3.63) is 23.8 Å². The van der Waals surface area contributed by atoms with E-state index in [9.17, 15) is 5.11 Å². The van der Waals surface area contributed by atoms with E-state index in [0.717, 1.165) is 31.4 Å². The van der Waals surface area contributed by atoms with Crippen molar-refractivity contribution in [2.24, 2.45) is 0 Å². The molecule has 1 fully saturated rings. The van der Waals surface area contributed by atoms with Gasteiger partial charge in [-0.15, -0.1) is 0 Å². The molecule has 20 heavy (non-hydrogen) atoms. The molecule has 1 saturated carbocycles. The number of benzene rings is 1. The molecule has 1 aromatic rings. The zero-order valence-electron chi connectivity index (χ0n) is 13.1. The molecule has 1 aliphatic rings. The topological polar surface area (TPSA) is 41.5 Å². The Labute approximate surface area is 122 Å². The molecule has 0 radical (unpaired) electrons. The zero-order valence-corrected chi connectivity index (χ0v) is 13.1. The van der Waals surface area contributed by atoms with Crippen LogP contribution in [0.5, 0.6) is 5.75 Å². The fraction of sp³-hybridized carbons (Fsp3) is 0.647. The number of nitrogens with one attached hydrogen (secondary N) is 1. The van der Waals surface area contributed by atoms with Crippen LogP contribution in [0.25, 0.3) is 0 Å². The number of anilines is 1. The van der Waals surface area contributed by atoms with Gasteiger partial charge in [-0.2, -0.15) is 0 Å². The van der Waals surface area contributed by atoms with E-state index in [0.29, 0.717) is 6.04 Å². The van der Waals surface area contributed by atoms with Crippen molar-refractivity contribution in [1.29, 1.82) is 0 Å². The molecule has 2 N–H and O–H groups in total. The number of hydrogen-bond donors (Lipinski definition) is 2. The van der Waals surface area contributed by atoms with Crippen LogP contribution >= 0.6 is 0 Å². The minimum atomic E-state index is -0.166. The van der Waals surface area contributed by atoms with Gasteiger partial charge in [0.2, 0.25) is 0 Å². The van der Waals surface area contributed by atoms with Crippen LogP contribution in [-0.4, -0.2) is 22.9 Å². The first kappa shape index (κ1) is 15.2. The normalized spacial score (nSPS) is 23.4. The molecule has 0 unspecified atom stereocenters. The Morgan fingerprint density at radius 3 is 2.35 bits per heavy atom. The lowest BCUT2D eigenvalue weighted by atomic mass is 9.93. The van der Waals surface area contributed by atoms with Crippen molar-refractivity contribution in [2.45, 2.75) is 71.1 Å². The van der Waals surface area contributed by atoms with Gasteiger partial charge in [-0.25, -0.2) is 0 Å². The van der Waals surface area contributed by atoms with Gasteiger partial charge in [0.1, 0.15) is 11.4 Å². The lowest BCUT2D eigenvalue weighted by Gasteiger charge is -2.28. The van der Waals surface area contributed by atoms with Crippen molar-refractivity contribution >= 4 is 5.69 Å². The van der Waals surface area contributed by atoms with Crippen LogP contribution in [0.1, 0.15) is 52.0 Å². The minimum absolute atomic E-state index is 0.100. The van der Waals surface area contributed by atoms with Crippen LogP contribution in [-0.2, 0) is 0 Å². The predicted molar refractivity (Wildman–Crippen MR) is 83.4 cm³/mol. The van der Waals surface area contributed by atoms with Gasteiger partial charge in [-0.3, -0.25) is 0 Å². The molecule has 0 heterocycles. The molecule has 0 aliphatic heterocycles. The number of ether oxygens (including phenoxy) is 1. The van der Waals surface area contributed by atoms with E-state index in [-0.39, 0.29) is 11.7 Å². The minimum Gasteiger partial charge on any atom is -0.488 e. The number of hydrogen-bond acceptors (Lipinski definition) is 3. The van der Waals surface area contributed by atoms with Crippen LogP contribution in [0.4, 0.5) is 5.69 Å². The molecule has 0 atom stereocenters. The number of aliphatic hydroxyl groups is 1. The fourth-order valence-corrected chi connectivity index (χ4v) is 2.66. The first-order chi connectivity index (χ1) is 9.33. The summed E-state index contributed by atoms with van der Waals surface area (Å²) in [6.07, 6.45) is 3.79. The number of rotatable bonds is 3. The largest absolute Gasteiger partial charge is 0.488 e. The molecule has 1 aliphatic carbocycles. The molecule has 1 aromatic carbocycles. The van der Waals surface area contributed by atoms with E-state index in [1.807, 2.05) is 6.07 Å². The van der Waals surface area contributed by atoms with Crippen molar-refractivity contribution in [3.8, 4) is 5.75 Å². The van der Waals surface area contributed by atoms with E-state index in [4.69, 9.17) is 4.74 Å². The smallest absolute Gasteiger partial charge is 0.120 e. The molecular formula is C17H27NO2. The van der Waals surface area contributed by atoms with Crippen LogP contribution in [0.2, 0.25) is 0 Å². The maximum absolute atomic E-state index is 9.55. The Morgan fingerprint density at radius 2 is 1.80 bits per heavy atom. The van der Waals surface area contributed by atoms with Gasteiger partial charge in [-0.05, 0) is 77.1 Å². The Bertz CT molecular complexity index is 443. The summed E-state index contributed by atoms with van der Waals surface area (Å²) in [6.45, 7) is 8.28. The van der Waals surface area contributed by atoms with E-state index in [1.54, 1.807) is 0 Å². The molecule has 0 amide bonds. The van der Waals surface area contributed by atoms with Crippen molar-refractivity contribution < 1.29 is 9.84 Å². The molecule has 112 valence electrons. The summed E-state index contributed by atoms with van der Waals surface area (Å²) in [4.78, 5) is 0. The molecule has 2 rings (SSSR count). The van der Waals surface area contributed by atoms with Gasteiger partial charge in [0.25, 0.3) is 0 Å². The molecule has 0 saturated heterocycles. The highest BCUT2D eigenvalue weighted by Crippen LogP contribution is 2.27. The average Bonchev–Trinajstić information content (AvgIpc) is 2.33. The zero-order chi connectivity index (χ0) is 14.8. The molecule has 0 spiro atoms. The summed E-state index contributed by atoms with van der Waals surface area (Å²) in [6, 6.07) is 6.69. The Morgan fingerprint density at radius 1 is 1.15 bits per heavy atom. The van der Waals surface area contributed by atoms with E-state index in [1.165, 1.54) is 11.3 Å². The van der Waals surface area contributed by atoms with Crippen molar-refractivity contribution in [3.63, 3.8) is 0 Å². The SMILES string of the molecule is Cc1cc(OC(C)(C)C)ccc1NC1CCC(O)CC1. The second-order valence-corrected chi connectivity index (χ2v) is 6.84. The lowest BCUT2D eigenvalue weighted by molar-refractivity contribution is 0.126. The van der Waals surface area contributed by atoms with Gasteiger partial charge in [0.05, 0.1) is 6.10 Å². The maximum Gasteiger partial charge on any atom is 0.120 e. The van der Waals surface area contributed by atoms with Crippen LogP contribution < -0.4 is 10.1 Å². The summed E-state index contributed by atoms with van der Waals surface area (Å²) in [7, 11) is 0. The average molecular weight is 277 g/mol. The molecule has 3 nitrogen and oxygen atoms in total. The van der Waals surface area contributed by atoms with E-state index >= 15 is 0 Å². The van der Waals surface area contributed by atoms with Gasteiger partial charge in [0, 0.05) is 11.7 Å². The summed E-state index contributed by atoms with van der Waals surface area (Å²) in [5, 5.41) is 13.1. The number of aryl methyl sites for hydroxylation is 1. The number of aliphatic hydroxyl groups excluding tert-OH is 1. The Hall–Kier alpha value is -1.22. The maximum atomic E-state index is 9.55. The van der Waals surface area contributed by atoms with Gasteiger partial charge >= 0.3 is 0 Å². The highest BCUT2D eigenvalue weighted by Gasteiger charge is 2.19. The third-order valence-electron chi connectivity index (χ3n) is 3.68. The predicted octanol–water partition coefficient (Wildman–Crippen LogP) is 3.89.